The summed E-state index contributed by atoms with van der Waals surface area (Å²) in [6.45, 7) is 4.11. The average Bonchev–Trinajstić information content (AvgIpc) is 3.08. The Morgan fingerprint density at radius 1 is 1.04 bits per heavy atom. The van der Waals surface area contributed by atoms with Crippen LogP contribution in [0.5, 0.6) is 11.5 Å². The van der Waals surface area contributed by atoms with Gasteiger partial charge in [0.25, 0.3) is 0 Å². The molecule has 0 saturated heterocycles. The fraction of sp³-hybridized carbons (Fsp3) is 0.190. The molecular formula is C21H22N2O3. The Labute approximate surface area is 153 Å². The molecule has 0 aliphatic heterocycles. The largest absolute Gasteiger partial charge is 0.464 e. The standard InChI is InChI=1S/C21H22N2O3/c1-15-12-13-19(25-15)16(2)23-21(24)22-14-17-8-6-7-11-20(17)26-18-9-4-3-5-10-18/h3-13,16H,14H2,1-2H3,(H2,22,23,24). The second-order valence-corrected chi connectivity index (χ2v) is 6.02. The molecule has 5 nitrogen and oxygen atoms in total. The smallest absolute Gasteiger partial charge is 0.315 e. The van der Waals surface area contributed by atoms with Crippen molar-refractivity contribution >= 4 is 6.03 Å². The van der Waals surface area contributed by atoms with Gasteiger partial charge in [-0.05, 0) is 44.2 Å². The van der Waals surface area contributed by atoms with Gasteiger partial charge in [0, 0.05) is 12.1 Å². The highest BCUT2D eigenvalue weighted by Crippen LogP contribution is 2.24. The molecule has 1 heterocycles. The third-order valence-electron chi connectivity index (χ3n) is 3.92. The first-order valence-corrected chi connectivity index (χ1v) is 8.53. The number of rotatable bonds is 6. The van der Waals surface area contributed by atoms with Gasteiger partial charge in [0.15, 0.2) is 0 Å². The number of urea groups is 1. The van der Waals surface area contributed by atoms with E-state index in [1.807, 2.05) is 80.6 Å². The van der Waals surface area contributed by atoms with Crippen LogP contribution in [-0.2, 0) is 6.54 Å². The molecule has 26 heavy (non-hydrogen) atoms. The number of carbonyl (C=O) groups is 1. The third-order valence-corrected chi connectivity index (χ3v) is 3.92. The number of carbonyl (C=O) groups excluding carboxylic acids is 1. The lowest BCUT2D eigenvalue weighted by molar-refractivity contribution is 0.235. The van der Waals surface area contributed by atoms with Crippen molar-refractivity contribution < 1.29 is 13.9 Å². The lowest BCUT2D eigenvalue weighted by atomic mass is 10.2. The van der Waals surface area contributed by atoms with Crippen molar-refractivity contribution in [3.05, 3.63) is 83.8 Å². The van der Waals surface area contributed by atoms with Crippen molar-refractivity contribution in [2.24, 2.45) is 0 Å². The number of amides is 2. The average molecular weight is 350 g/mol. The van der Waals surface area contributed by atoms with Gasteiger partial charge in [0.1, 0.15) is 23.0 Å². The number of hydrogen-bond acceptors (Lipinski definition) is 3. The first kappa shape index (κ1) is 17.6. The fourth-order valence-corrected chi connectivity index (χ4v) is 2.55. The van der Waals surface area contributed by atoms with E-state index in [4.69, 9.17) is 9.15 Å². The van der Waals surface area contributed by atoms with Crippen LogP contribution in [0.1, 0.15) is 30.0 Å². The zero-order chi connectivity index (χ0) is 18.4. The van der Waals surface area contributed by atoms with Crippen LogP contribution >= 0.6 is 0 Å². The molecule has 1 atom stereocenters. The first-order chi connectivity index (χ1) is 12.6. The van der Waals surface area contributed by atoms with Gasteiger partial charge in [0.05, 0.1) is 6.04 Å². The Balaban J connectivity index is 1.58. The lowest BCUT2D eigenvalue weighted by Crippen LogP contribution is -2.36. The minimum Gasteiger partial charge on any atom is -0.464 e. The number of nitrogens with one attached hydrogen (secondary N) is 2. The zero-order valence-corrected chi connectivity index (χ0v) is 14.9. The Kier molecular flexibility index (Phi) is 5.59. The summed E-state index contributed by atoms with van der Waals surface area (Å²) >= 11 is 0. The van der Waals surface area contributed by atoms with E-state index in [-0.39, 0.29) is 12.1 Å². The summed E-state index contributed by atoms with van der Waals surface area (Å²) < 4.78 is 11.4. The van der Waals surface area contributed by atoms with Crippen molar-refractivity contribution in [1.29, 1.82) is 0 Å². The molecule has 1 unspecified atom stereocenters. The quantitative estimate of drug-likeness (QED) is 0.662. The lowest BCUT2D eigenvalue weighted by Gasteiger charge is -2.14. The van der Waals surface area contributed by atoms with Crippen molar-refractivity contribution in [2.45, 2.75) is 26.4 Å². The molecule has 0 saturated carbocycles. The summed E-state index contributed by atoms with van der Waals surface area (Å²) in [6, 6.07) is 20.5. The van der Waals surface area contributed by atoms with E-state index in [0.717, 1.165) is 22.8 Å². The summed E-state index contributed by atoms with van der Waals surface area (Å²) in [5.74, 6) is 3.02. The normalized spacial score (nSPS) is 11.6. The Morgan fingerprint density at radius 3 is 2.50 bits per heavy atom. The number of furan rings is 1. The summed E-state index contributed by atoms with van der Waals surface area (Å²) in [5.41, 5.74) is 0.896. The fourth-order valence-electron chi connectivity index (χ4n) is 2.55. The van der Waals surface area contributed by atoms with E-state index in [1.165, 1.54) is 0 Å². The van der Waals surface area contributed by atoms with E-state index in [9.17, 15) is 4.79 Å². The van der Waals surface area contributed by atoms with Crippen LogP contribution in [0, 0.1) is 6.92 Å². The minimum absolute atomic E-state index is 0.209. The number of hydrogen-bond donors (Lipinski definition) is 2. The topological polar surface area (TPSA) is 63.5 Å². The van der Waals surface area contributed by atoms with Crippen LogP contribution in [0.4, 0.5) is 4.79 Å². The third kappa shape index (κ3) is 4.66. The minimum atomic E-state index is -0.263. The maximum absolute atomic E-state index is 12.2. The number of para-hydroxylation sites is 2. The highest BCUT2D eigenvalue weighted by Gasteiger charge is 2.13. The predicted molar refractivity (Wildman–Crippen MR) is 100 cm³/mol. The zero-order valence-electron chi connectivity index (χ0n) is 14.9. The molecule has 2 N–H and O–H groups in total. The van der Waals surface area contributed by atoms with Crippen LogP contribution in [0.15, 0.2) is 71.1 Å². The highest BCUT2D eigenvalue weighted by atomic mass is 16.5. The number of ether oxygens (including phenoxy) is 1. The van der Waals surface area contributed by atoms with Crippen LogP contribution in [-0.4, -0.2) is 6.03 Å². The Bertz CT molecular complexity index is 858. The molecule has 134 valence electrons. The van der Waals surface area contributed by atoms with E-state index in [1.54, 1.807) is 0 Å². The van der Waals surface area contributed by atoms with Crippen molar-refractivity contribution in [3.63, 3.8) is 0 Å². The van der Waals surface area contributed by atoms with Crippen LogP contribution < -0.4 is 15.4 Å². The molecule has 0 bridgehead atoms. The summed E-state index contributed by atoms with van der Waals surface area (Å²) in [7, 11) is 0. The van der Waals surface area contributed by atoms with Crippen LogP contribution in [0.3, 0.4) is 0 Å². The highest BCUT2D eigenvalue weighted by molar-refractivity contribution is 5.74. The second kappa shape index (κ2) is 8.25. The first-order valence-electron chi connectivity index (χ1n) is 8.53. The molecule has 0 fully saturated rings. The van der Waals surface area contributed by atoms with Gasteiger partial charge in [-0.25, -0.2) is 4.79 Å². The molecule has 0 aliphatic carbocycles. The molecule has 0 aliphatic rings. The van der Waals surface area contributed by atoms with Crippen LogP contribution in [0.25, 0.3) is 0 Å². The van der Waals surface area contributed by atoms with Crippen molar-refractivity contribution in [3.8, 4) is 11.5 Å². The maximum atomic E-state index is 12.2. The summed E-state index contributed by atoms with van der Waals surface area (Å²) in [5, 5.41) is 5.73. The van der Waals surface area contributed by atoms with Gasteiger partial charge in [0.2, 0.25) is 0 Å². The molecule has 3 aromatic rings. The number of aryl methyl sites for hydroxylation is 1. The van der Waals surface area contributed by atoms with Gasteiger partial charge < -0.3 is 19.8 Å². The monoisotopic (exact) mass is 350 g/mol. The summed E-state index contributed by atoms with van der Waals surface area (Å²) in [6.07, 6.45) is 0. The molecule has 5 heteroatoms. The molecule has 0 radical (unpaired) electrons. The number of benzene rings is 2. The van der Waals surface area contributed by atoms with E-state index in [0.29, 0.717) is 12.3 Å². The van der Waals surface area contributed by atoms with Crippen molar-refractivity contribution in [2.75, 3.05) is 0 Å². The Morgan fingerprint density at radius 2 is 1.77 bits per heavy atom. The molecule has 0 spiro atoms. The molecule has 2 aromatic carbocycles. The van der Waals surface area contributed by atoms with Gasteiger partial charge in [-0.1, -0.05) is 36.4 Å². The van der Waals surface area contributed by atoms with Gasteiger partial charge in [-0.3, -0.25) is 0 Å². The second-order valence-electron chi connectivity index (χ2n) is 6.02. The Hall–Kier alpha value is -3.21. The van der Waals surface area contributed by atoms with Gasteiger partial charge >= 0.3 is 6.03 Å². The predicted octanol–water partition coefficient (Wildman–Crippen LogP) is 4.94. The van der Waals surface area contributed by atoms with Crippen molar-refractivity contribution in [1.82, 2.24) is 10.6 Å². The van der Waals surface area contributed by atoms with Gasteiger partial charge in [-0.15, -0.1) is 0 Å². The summed E-state index contributed by atoms with van der Waals surface area (Å²) in [4.78, 5) is 12.2. The van der Waals surface area contributed by atoms with E-state index in [2.05, 4.69) is 10.6 Å². The van der Waals surface area contributed by atoms with E-state index < -0.39 is 0 Å². The van der Waals surface area contributed by atoms with Crippen LogP contribution in [0.2, 0.25) is 0 Å². The molecular weight excluding hydrogens is 328 g/mol. The van der Waals surface area contributed by atoms with Gasteiger partial charge in [-0.2, -0.15) is 0 Å². The molecule has 3 rings (SSSR count). The van der Waals surface area contributed by atoms with E-state index >= 15 is 0 Å². The maximum Gasteiger partial charge on any atom is 0.315 e. The molecule has 2 amide bonds. The molecule has 1 aromatic heterocycles. The SMILES string of the molecule is Cc1ccc(C(C)NC(=O)NCc2ccccc2Oc2ccccc2)o1.